The van der Waals surface area contributed by atoms with Crippen molar-refractivity contribution in [3.05, 3.63) is 29.8 Å². The van der Waals surface area contributed by atoms with Gasteiger partial charge in [0, 0.05) is 18.8 Å². The predicted octanol–water partition coefficient (Wildman–Crippen LogP) is 2.72. The van der Waals surface area contributed by atoms with Gasteiger partial charge in [0.05, 0.1) is 6.07 Å². The monoisotopic (exact) mass is 257 g/mol. The highest BCUT2D eigenvalue weighted by atomic mass is 15.1. The van der Waals surface area contributed by atoms with Crippen LogP contribution in [0.1, 0.15) is 31.7 Å². The quantitative estimate of drug-likeness (QED) is 0.851. The number of nitrogens with zero attached hydrogens (tertiary/aromatic N) is 2. The molecule has 0 aliphatic carbocycles. The normalized spacial score (nSPS) is 16.8. The minimum Gasteiger partial charge on any atom is -0.371 e. The topological polar surface area (TPSA) is 39.1 Å². The summed E-state index contributed by atoms with van der Waals surface area (Å²) < 4.78 is 0. The van der Waals surface area contributed by atoms with Crippen LogP contribution in [-0.4, -0.2) is 25.7 Å². The van der Waals surface area contributed by atoms with Gasteiger partial charge in [-0.25, -0.2) is 0 Å². The second-order valence-corrected chi connectivity index (χ2v) is 5.27. The van der Waals surface area contributed by atoms with Gasteiger partial charge in [-0.3, -0.25) is 0 Å². The lowest BCUT2D eigenvalue weighted by molar-refractivity contribution is 0.393. The minimum absolute atomic E-state index is 0.348. The fourth-order valence-corrected chi connectivity index (χ4v) is 2.88. The van der Waals surface area contributed by atoms with Gasteiger partial charge in [0.15, 0.2) is 0 Å². The average Bonchev–Trinajstić information content (AvgIpc) is 2.88. The number of fused-ring (bicyclic) bond motifs is 1. The van der Waals surface area contributed by atoms with E-state index in [0.29, 0.717) is 0 Å². The molecule has 1 aromatic rings. The Morgan fingerprint density at radius 2 is 2.21 bits per heavy atom. The number of nitriles is 1. The Bertz CT molecular complexity index is 457. The number of hydrogen-bond acceptors (Lipinski definition) is 3. The van der Waals surface area contributed by atoms with Crippen LogP contribution in [0.15, 0.2) is 24.3 Å². The molecule has 0 saturated heterocycles. The zero-order valence-electron chi connectivity index (χ0n) is 11.9. The van der Waals surface area contributed by atoms with Crippen molar-refractivity contribution in [2.24, 2.45) is 0 Å². The van der Waals surface area contributed by atoms with Crippen molar-refractivity contribution in [2.45, 2.75) is 38.1 Å². The highest BCUT2D eigenvalue weighted by Gasteiger charge is 2.26. The molecule has 2 rings (SSSR count). The van der Waals surface area contributed by atoms with Crippen LogP contribution in [0.25, 0.3) is 0 Å². The third-order valence-electron chi connectivity index (χ3n) is 4.31. The van der Waals surface area contributed by atoms with Gasteiger partial charge in [-0.2, -0.15) is 5.26 Å². The molecule has 0 radical (unpaired) electrons. The Hall–Kier alpha value is -1.53. The van der Waals surface area contributed by atoms with Crippen LogP contribution in [0.5, 0.6) is 0 Å². The predicted molar refractivity (Wildman–Crippen MR) is 79.3 cm³/mol. The molecule has 0 amide bonds. The summed E-state index contributed by atoms with van der Waals surface area (Å²) in [7, 11) is 1.89. The van der Waals surface area contributed by atoms with Gasteiger partial charge in [0.25, 0.3) is 0 Å². The summed E-state index contributed by atoms with van der Waals surface area (Å²) in [5.41, 5.74) is 2.49. The Kier molecular flexibility index (Phi) is 4.44. The molecule has 1 N–H and O–H groups in total. The molecule has 3 heteroatoms. The van der Waals surface area contributed by atoms with E-state index in [-0.39, 0.29) is 5.54 Å². The Morgan fingerprint density at radius 3 is 2.89 bits per heavy atom. The molecular weight excluding hydrogens is 234 g/mol. The molecule has 0 spiro atoms. The van der Waals surface area contributed by atoms with E-state index in [0.717, 1.165) is 38.8 Å². The number of nitrogens with one attached hydrogen (secondary N) is 1. The summed E-state index contributed by atoms with van der Waals surface area (Å²) in [5, 5.41) is 12.5. The first kappa shape index (κ1) is 13.9. The highest BCUT2D eigenvalue weighted by Crippen LogP contribution is 2.28. The molecule has 19 heavy (non-hydrogen) atoms. The Labute approximate surface area is 116 Å². The number of benzene rings is 1. The van der Waals surface area contributed by atoms with E-state index in [1.165, 1.54) is 11.3 Å². The van der Waals surface area contributed by atoms with Gasteiger partial charge < -0.3 is 10.2 Å². The van der Waals surface area contributed by atoms with E-state index >= 15 is 0 Å². The van der Waals surface area contributed by atoms with Gasteiger partial charge >= 0.3 is 0 Å². The van der Waals surface area contributed by atoms with Gasteiger partial charge in [-0.1, -0.05) is 25.1 Å². The van der Waals surface area contributed by atoms with Crippen molar-refractivity contribution in [3.63, 3.8) is 0 Å². The van der Waals surface area contributed by atoms with Crippen LogP contribution in [0.3, 0.4) is 0 Å². The lowest BCUT2D eigenvalue weighted by Gasteiger charge is -2.26. The second kappa shape index (κ2) is 6.08. The third kappa shape index (κ3) is 2.90. The van der Waals surface area contributed by atoms with Gasteiger partial charge in [0.1, 0.15) is 5.54 Å². The number of para-hydroxylation sites is 1. The summed E-state index contributed by atoms with van der Waals surface area (Å²) in [6.07, 6.45) is 3.97. The fraction of sp³-hybridized carbons (Fsp3) is 0.562. The molecular formula is C16H23N3. The van der Waals surface area contributed by atoms with Crippen molar-refractivity contribution >= 4 is 5.69 Å². The molecule has 0 saturated carbocycles. The molecule has 1 atom stereocenters. The van der Waals surface area contributed by atoms with Crippen molar-refractivity contribution < 1.29 is 0 Å². The second-order valence-electron chi connectivity index (χ2n) is 5.27. The SMILES string of the molecule is CCC(C#N)(CCCN1CCc2ccccc21)NC. The molecule has 102 valence electrons. The number of anilines is 1. The van der Waals surface area contributed by atoms with Crippen LogP contribution in [0.4, 0.5) is 5.69 Å². The van der Waals surface area contributed by atoms with E-state index in [1.54, 1.807) is 0 Å². The van der Waals surface area contributed by atoms with Gasteiger partial charge in [-0.15, -0.1) is 0 Å². The van der Waals surface area contributed by atoms with E-state index in [4.69, 9.17) is 0 Å². The first-order valence-corrected chi connectivity index (χ1v) is 7.17. The summed E-state index contributed by atoms with van der Waals surface area (Å²) in [5.74, 6) is 0. The standard InChI is InChI=1S/C16H23N3/c1-3-16(13-17,18-2)10-6-11-19-12-9-14-7-4-5-8-15(14)19/h4-5,7-8,18H,3,6,9-12H2,1-2H3. The molecule has 1 aromatic carbocycles. The van der Waals surface area contributed by atoms with Crippen LogP contribution in [0, 0.1) is 11.3 Å². The summed E-state index contributed by atoms with van der Waals surface area (Å²) in [6, 6.07) is 11.1. The molecule has 0 aromatic heterocycles. The van der Waals surface area contributed by atoms with Crippen LogP contribution in [0.2, 0.25) is 0 Å². The maximum atomic E-state index is 9.30. The van der Waals surface area contributed by atoms with E-state index in [2.05, 4.69) is 47.5 Å². The van der Waals surface area contributed by atoms with Crippen molar-refractivity contribution in [1.82, 2.24) is 5.32 Å². The van der Waals surface area contributed by atoms with E-state index in [9.17, 15) is 5.26 Å². The summed E-state index contributed by atoms with van der Waals surface area (Å²) in [6.45, 7) is 4.23. The largest absolute Gasteiger partial charge is 0.371 e. The Balaban J connectivity index is 1.90. The lowest BCUT2D eigenvalue weighted by Crippen LogP contribution is -2.41. The van der Waals surface area contributed by atoms with Crippen LogP contribution in [-0.2, 0) is 6.42 Å². The third-order valence-corrected chi connectivity index (χ3v) is 4.31. The lowest BCUT2D eigenvalue weighted by atomic mass is 9.92. The van der Waals surface area contributed by atoms with Crippen molar-refractivity contribution in [1.29, 1.82) is 5.26 Å². The molecule has 1 unspecified atom stereocenters. The van der Waals surface area contributed by atoms with Crippen molar-refractivity contribution in [2.75, 3.05) is 25.0 Å². The first-order valence-electron chi connectivity index (χ1n) is 7.17. The maximum absolute atomic E-state index is 9.30. The molecule has 0 fully saturated rings. The molecule has 1 heterocycles. The van der Waals surface area contributed by atoms with E-state index in [1.807, 2.05) is 7.05 Å². The van der Waals surface area contributed by atoms with Gasteiger partial charge in [-0.05, 0) is 44.4 Å². The molecule has 1 aliphatic heterocycles. The van der Waals surface area contributed by atoms with Gasteiger partial charge in [0.2, 0.25) is 0 Å². The maximum Gasteiger partial charge on any atom is 0.106 e. The molecule has 0 bridgehead atoms. The van der Waals surface area contributed by atoms with Crippen molar-refractivity contribution in [3.8, 4) is 6.07 Å². The fourth-order valence-electron chi connectivity index (χ4n) is 2.88. The zero-order valence-corrected chi connectivity index (χ0v) is 11.9. The number of hydrogen-bond donors (Lipinski definition) is 1. The van der Waals surface area contributed by atoms with Crippen LogP contribution >= 0.6 is 0 Å². The Morgan fingerprint density at radius 1 is 1.42 bits per heavy atom. The zero-order chi connectivity index (χ0) is 13.7. The highest BCUT2D eigenvalue weighted by molar-refractivity contribution is 5.57. The summed E-state index contributed by atoms with van der Waals surface area (Å²) >= 11 is 0. The minimum atomic E-state index is -0.348. The van der Waals surface area contributed by atoms with Crippen LogP contribution < -0.4 is 10.2 Å². The molecule has 3 nitrogen and oxygen atoms in total. The smallest absolute Gasteiger partial charge is 0.106 e. The first-order chi connectivity index (χ1) is 9.24. The van der Waals surface area contributed by atoms with E-state index < -0.39 is 0 Å². The summed E-state index contributed by atoms with van der Waals surface area (Å²) in [4.78, 5) is 2.45. The molecule has 1 aliphatic rings. The average molecular weight is 257 g/mol. The number of rotatable bonds is 6.